The minimum atomic E-state index is -0.595. The zero-order chi connectivity index (χ0) is 12.0. The zero-order valence-electron chi connectivity index (χ0n) is 9.40. The number of amides is 1. The van der Waals surface area contributed by atoms with Gasteiger partial charge in [-0.2, -0.15) is 0 Å². The molecule has 1 aromatic rings. The molecule has 1 unspecified atom stereocenters. The maximum Gasteiger partial charge on any atom is 0.322 e. The van der Waals surface area contributed by atoms with Gasteiger partial charge in [-0.1, -0.05) is 5.10 Å². The van der Waals surface area contributed by atoms with Crippen molar-refractivity contribution in [2.24, 2.45) is 5.73 Å². The van der Waals surface area contributed by atoms with Crippen LogP contribution in [0.4, 0.5) is 6.01 Å². The highest BCUT2D eigenvalue weighted by Gasteiger charge is 2.15. The molecule has 0 aliphatic heterocycles. The van der Waals surface area contributed by atoms with Crippen LogP contribution in [0.5, 0.6) is 0 Å². The standard InChI is InChI=1S/C9H16N4O3/c1-6-12-13-9(16-6)11-8(14)7(10)4-3-5-15-2/h7H,3-5,10H2,1-2H3,(H,11,13,14). The molecule has 0 spiro atoms. The van der Waals surface area contributed by atoms with Gasteiger partial charge in [-0.15, -0.1) is 5.10 Å². The average molecular weight is 228 g/mol. The Morgan fingerprint density at radius 1 is 1.62 bits per heavy atom. The van der Waals surface area contributed by atoms with Gasteiger partial charge in [0.1, 0.15) is 0 Å². The lowest BCUT2D eigenvalue weighted by Gasteiger charge is -2.09. The van der Waals surface area contributed by atoms with Crippen molar-refractivity contribution in [3.8, 4) is 0 Å². The molecule has 1 amide bonds. The lowest BCUT2D eigenvalue weighted by atomic mass is 10.1. The van der Waals surface area contributed by atoms with E-state index in [2.05, 4.69) is 15.5 Å². The molecule has 3 N–H and O–H groups in total. The Balaban J connectivity index is 2.34. The van der Waals surface area contributed by atoms with Crippen molar-refractivity contribution >= 4 is 11.9 Å². The lowest BCUT2D eigenvalue weighted by molar-refractivity contribution is -0.117. The van der Waals surface area contributed by atoms with E-state index in [1.54, 1.807) is 14.0 Å². The molecule has 1 atom stereocenters. The molecule has 0 saturated heterocycles. The van der Waals surface area contributed by atoms with Gasteiger partial charge in [0.15, 0.2) is 0 Å². The van der Waals surface area contributed by atoms with E-state index in [0.717, 1.165) is 6.42 Å². The van der Waals surface area contributed by atoms with Crippen LogP contribution in [0.3, 0.4) is 0 Å². The van der Waals surface area contributed by atoms with Crippen LogP contribution in [0, 0.1) is 6.92 Å². The highest BCUT2D eigenvalue weighted by Crippen LogP contribution is 2.05. The SMILES string of the molecule is COCCCC(N)C(=O)Nc1nnc(C)o1. The van der Waals surface area contributed by atoms with Gasteiger partial charge in [-0.05, 0) is 12.8 Å². The highest BCUT2D eigenvalue weighted by molar-refractivity contribution is 5.92. The van der Waals surface area contributed by atoms with Crippen LogP contribution in [0.1, 0.15) is 18.7 Å². The quantitative estimate of drug-likeness (QED) is 0.668. The number of aryl methyl sites for hydroxylation is 1. The summed E-state index contributed by atoms with van der Waals surface area (Å²) >= 11 is 0. The fourth-order valence-corrected chi connectivity index (χ4v) is 1.12. The first-order valence-corrected chi connectivity index (χ1v) is 4.99. The van der Waals surface area contributed by atoms with E-state index in [9.17, 15) is 4.79 Å². The molecule has 7 heteroatoms. The number of hydrogen-bond acceptors (Lipinski definition) is 6. The van der Waals surface area contributed by atoms with E-state index in [1.165, 1.54) is 0 Å². The Labute approximate surface area is 93.4 Å². The third kappa shape index (κ3) is 3.95. The van der Waals surface area contributed by atoms with Gasteiger partial charge in [0.05, 0.1) is 6.04 Å². The molecular weight excluding hydrogens is 212 g/mol. The van der Waals surface area contributed by atoms with E-state index in [0.29, 0.717) is 18.9 Å². The molecule has 90 valence electrons. The maximum atomic E-state index is 11.5. The molecular formula is C9H16N4O3. The summed E-state index contributed by atoms with van der Waals surface area (Å²) in [6.07, 6.45) is 1.28. The van der Waals surface area contributed by atoms with Crippen LogP contribution in [0.2, 0.25) is 0 Å². The second kappa shape index (κ2) is 6.19. The molecule has 1 heterocycles. The number of anilines is 1. The first-order valence-electron chi connectivity index (χ1n) is 4.99. The van der Waals surface area contributed by atoms with E-state index in [4.69, 9.17) is 14.9 Å². The molecule has 0 aliphatic rings. The number of methoxy groups -OCH3 is 1. The van der Waals surface area contributed by atoms with Crippen molar-refractivity contribution in [3.05, 3.63) is 5.89 Å². The zero-order valence-corrected chi connectivity index (χ0v) is 9.40. The molecule has 0 radical (unpaired) electrons. The van der Waals surface area contributed by atoms with E-state index >= 15 is 0 Å². The summed E-state index contributed by atoms with van der Waals surface area (Å²) in [6.45, 7) is 2.22. The third-order valence-electron chi connectivity index (χ3n) is 1.96. The van der Waals surface area contributed by atoms with Crippen LogP contribution in [-0.4, -0.2) is 35.9 Å². The van der Waals surface area contributed by atoms with Crippen LogP contribution in [0.15, 0.2) is 4.42 Å². The van der Waals surface area contributed by atoms with Gasteiger partial charge >= 0.3 is 6.01 Å². The number of aromatic nitrogens is 2. The Morgan fingerprint density at radius 2 is 2.38 bits per heavy atom. The summed E-state index contributed by atoms with van der Waals surface area (Å²) in [6, 6.07) is -0.521. The summed E-state index contributed by atoms with van der Waals surface area (Å²) in [5.74, 6) is 0.0583. The van der Waals surface area contributed by atoms with Crippen molar-refractivity contribution in [1.29, 1.82) is 0 Å². The fourth-order valence-electron chi connectivity index (χ4n) is 1.12. The predicted molar refractivity (Wildman–Crippen MR) is 56.8 cm³/mol. The number of carbonyl (C=O) groups is 1. The number of nitrogens with one attached hydrogen (secondary N) is 1. The third-order valence-corrected chi connectivity index (χ3v) is 1.96. The first kappa shape index (κ1) is 12.6. The maximum absolute atomic E-state index is 11.5. The van der Waals surface area contributed by atoms with Gasteiger partial charge in [0, 0.05) is 20.6 Å². The number of ether oxygens (including phenoxy) is 1. The largest absolute Gasteiger partial charge is 0.408 e. The molecule has 0 saturated carbocycles. The number of nitrogens with two attached hydrogens (primary N) is 1. The summed E-state index contributed by atoms with van der Waals surface area (Å²) in [5.41, 5.74) is 5.66. The fraction of sp³-hybridized carbons (Fsp3) is 0.667. The lowest BCUT2D eigenvalue weighted by Crippen LogP contribution is -2.35. The molecule has 1 rings (SSSR count). The number of hydrogen-bond donors (Lipinski definition) is 2. The van der Waals surface area contributed by atoms with Gasteiger partial charge in [0.25, 0.3) is 0 Å². The van der Waals surface area contributed by atoms with Crippen molar-refractivity contribution in [2.75, 3.05) is 19.0 Å². The van der Waals surface area contributed by atoms with E-state index in [-0.39, 0.29) is 11.9 Å². The van der Waals surface area contributed by atoms with Crippen LogP contribution >= 0.6 is 0 Å². The normalized spacial score (nSPS) is 12.4. The monoisotopic (exact) mass is 228 g/mol. The van der Waals surface area contributed by atoms with Gasteiger partial charge < -0.3 is 14.9 Å². The first-order chi connectivity index (χ1) is 7.63. The Hall–Kier alpha value is -1.47. The molecule has 7 nitrogen and oxygen atoms in total. The van der Waals surface area contributed by atoms with Gasteiger partial charge in [-0.3, -0.25) is 10.1 Å². The van der Waals surface area contributed by atoms with Crippen LogP contribution in [0.25, 0.3) is 0 Å². The van der Waals surface area contributed by atoms with Crippen molar-refractivity contribution in [1.82, 2.24) is 10.2 Å². The summed E-state index contributed by atoms with van der Waals surface area (Å²) in [5, 5.41) is 9.66. The molecule has 0 bridgehead atoms. The number of carbonyl (C=O) groups excluding carboxylic acids is 1. The molecule has 0 aromatic carbocycles. The van der Waals surface area contributed by atoms with Crippen LogP contribution < -0.4 is 11.1 Å². The molecule has 0 fully saturated rings. The van der Waals surface area contributed by atoms with Crippen molar-refractivity contribution in [3.63, 3.8) is 0 Å². The smallest absolute Gasteiger partial charge is 0.322 e. The Kier molecular flexibility index (Phi) is 4.87. The molecule has 16 heavy (non-hydrogen) atoms. The molecule has 0 aliphatic carbocycles. The highest BCUT2D eigenvalue weighted by atomic mass is 16.5. The second-order valence-corrected chi connectivity index (χ2v) is 3.36. The summed E-state index contributed by atoms with van der Waals surface area (Å²) in [4.78, 5) is 11.5. The van der Waals surface area contributed by atoms with E-state index < -0.39 is 6.04 Å². The Bertz CT molecular complexity index is 339. The molecule has 1 aromatic heterocycles. The summed E-state index contributed by atoms with van der Waals surface area (Å²) in [7, 11) is 1.60. The number of rotatable bonds is 6. The second-order valence-electron chi connectivity index (χ2n) is 3.36. The topological polar surface area (TPSA) is 103 Å². The van der Waals surface area contributed by atoms with Gasteiger partial charge in [-0.25, -0.2) is 0 Å². The van der Waals surface area contributed by atoms with Crippen molar-refractivity contribution in [2.45, 2.75) is 25.8 Å². The summed E-state index contributed by atoms with van der Waals surface area (Å²) < 4.78 is 9.86. The van der Waals surface area contributed by atoms with Crippen LogP contribution in [-0.2, 0) is 9.53 Å². The Morgan fingerprint density at radius 3 is 2.94 bits per heavy atom. The number of nitrogens with zero attached hydrogens (tertiary/aromatic N) is 2. The van der Waals surface area contributed by atoms with Crippen molar-refractivity contribution < 1.29 is 13.9 Å². The average Bonchev–Trinajstić information content (AvgIpc) is 2.64. The minimum absolute atomic E-state index is 0.0738. The minimum Gasteiger partial charge on any atom is -0.408 e. The van der Waals surface area contributed by atoms with Gasteiger partial charge in [0.2, 0.25) is 11.8 Å². The predicted octanol–water partition coefficient (Wildman–Crippen LogP) is 0.0704. The van der Waals surface area contributed by atoms with E-state index in [1.807, 2.05) is 0 Å².